The first kappa shape index (κ1) is 12.5. The van der Waals surface area contributed by atoms with E-state index >= 15 is 0 Å². The summed E-state index contributed by atoms with van der Waals surface area (Å²) < 4.78 is 0. The van der Waals surface area contributed by atoms with Crippen LogP contribution in [0.4, 0.5) is 0 Å². The molecule has 0 fully saturated rings. The maximum atomic E-state index is 11.6. The molecule has 0 saturated heterocycles. The quantitative estimate of drug-likeness (QED) is 0.720. The Hall–Kier alpha value is -1.59. The van der Waals surface area contributed by atoms with Crippen LogP contribution in [0.5, 0.6) is 5.75 Å². The molecule has 0 radical (unpaired) electrons. The Kier molecular flexibility index (Phi) is 4.28. The van der Waals surface area contributed by atoms with Gasteiger partial charge in [-0.1, -0.05) is 12.1 Å². The number of phenolic OH excluding ortho intramolecular Hbond substituents is 1. The van der Waals surface area contributed by atoms with E-state index in [0.29, 0.717) is 6.42 Å². The van der Waals surface area contributed by atoms with Gasteiger partial charge in [0, 0.05) is 7.05 Å². The van der Waals surface area contributed by atoms with Gasteiger partial charge >= 0.3 is 0 Å². The summed E-state index contributed by atoms with van der Waals surface area (Å²) in [5, 5.41) is 10.2. The third-order valence-corrected chi connectivity index (χ3v) is 2.29. The number of hydroxylamine groups is 2. The Bertz CT molecular complexity index is 351. The van der Waals surface area contributed by atoms with Crippen molar-refractivity contribution in [1.82, 2.24) is 5.06 Å². The summed E-state index contributed by atoms with van der Waals surface area (Å²) in [6, 6.07) is 5.94. The van der Waals surface area contributed by atoms with Crippen LogP contribution in [0, 0.1) is 0 Å². The van der Waals surface area contributed by atoms with E-state index in [0.717, 1.165) is 10.6 Å². The Labute approximate surface area is 94.4 Å². The third-order valence-electron chi connectivity index (χ3n) is 2.29. The minimum absolute atomic E-state index is 0.192. The lowest BCUT2D eigenvalue weighted by Crippen LogP contribution is -2.42. The van der Waals surface area contributed by atoms with Crippen LogP contribution in [0.15, 0.2) is 24.3 Å². The number of hydrogen-bond acceptors (Lipinski definition) is 4. The highest BCUT2D eigenvalue weighted by molar-refractivity contribution is 5.80. The third kappa shape index (κ3) is 3.22. The summed E-state index contributed by atoms with van der Waals surface area (Å²) in [7, 11) is 2.92. The molecule has 3 N–H and O–H groups in total. The van der Waals surface area contributed by atoms with E-state index in [9.17, 15) is 4.79 Å². The SMILES string of the molecule is CON(C)C(=O)[C@H](N)Cc1ccc(O)cc1. The van der Waals surface area contributed by atoms with Gasteiger partial charge in [0.2, 0.25) is 0 Å². The highest BCUT2D eigenvalue weighted by Crippen LogP contribution is 2.11. The number of aromatic hydroxyl groups is 1. The zero-order valence-electron chi connectivity index (χ0n) is 9.38. The highest BCUT2D eigenvalue weighted by Gasteiger charge is 2.18. The summed E-state index contributed by atoms with van der Waals surface area (Å²) in [6.07, 6.45) is 0.410. The average Bonchev–Trinajstić information content (AvgIpc) is 2.30. The number of benzene rings is 1. The molecule has 5 heteroatoms. The fraction of sp³-hybridized carbons (Fsp3) is 0.364. The summed E-state index contributed by atoms with van der Waals surface area (Å²) in [5.74, 6) is -0.0896. The van der Waals surface area contributed by atoms with Crippen molar-refractivity contribution >= 4 is 5.91 Å². The molecule has 1 rings (SSSR count). The van der Waals surface area contributed by atoms with Crippen LogP contribution >= 0.6 is 0 Å². The van der Waals surface area contributed by atoms with Gasteiger partial charge in [0.05, 0.1) is 13.2 Å². The Morgan fingerprint density at radius 3 is 2.56 bits per heavy atom. The van der Waals surface area contributed by atoms with E-state index in [2.05, 4.69) is 0 Å². The monoisotopic (exact) mass is 224 g/mol. The second-order valence-electron chi connectivity index (χ2n) is 3.50. The fourth-order valence-corrected chi connectivity index (χ4v) is 1.30. The van der Waals surface area contributed by atoms with Crippen molar-refractivity contribution in [2.75, 3.05) is 14.2 Å². The van der Waals surface area contributed by atoms with Crippen LogP contribution in [0.3, 0.4) is 0 Å². The second kappa shape index (κ2) is 5.48. The largest absolute Gasteiger partial charge is 0.508 e. The minimum atomic E-state index is -0.644. The molecule has 0 aliphatic rings. The fourth-order valence-electron chi connectivity index (χ4n) is 1.30. The van der Waals surface area contributed by atoms with Crippen molar-refractivity contribution in [2.24, 2.45) is 5.73 Å². The number of hydrogen-bond donors (Lipinski definition) is 2. The molecule has 0 spiro atoms. The van der Waals surface area contributed by atoms with Gasteiger partial charge in [-0.15, -0.1) is 0 Å². The first-order chi connectivity index (χ1) is 7.54. The number of amides is 1. The molecule has 0 saturated carbocycles. The van der Waals surface area contributed by atoms with Crippen molar-refractivity contribution in [3.05, 3.63) is 29.8 Å². The van der Waals surface area contributed by atoms with Gasteiger partial charge in [-0.2, -0.15) is 0 Å². The van der Waals surface area contributed by atoms with E-state index in [1.54, 1.807) is 24.3 Å². The van der Waals surface area contributed by atoms with Crippen LogP contribution in [0.1, 0.15) is 5.56 Å². The molecule has 0 unspecified atom stereocenters. The molecule has 0 bridgehead atoms. The molecule has 1 aromatic carbocycles. The molecule has 16 heavy (non-hydrogen) atoms. The smallest absolute Gasteiger partial charge is 0.263 e. The van der Waals surface area contributed by atoms with Gasteiger partial charge in [-0.3, -0.25) is 9.63 Å². The maximum Gasteiger partial charge on any atom is 0.263 e. The maximum absolute atomic E-state index is 11.6. The molecule has 1 amide bonds. The molecule has 88 valence electrons. The minimum Gasteiger partial charge on any atom is -0.508 e. The van der Waals surface area contributed by atoms with Crippen LogP contribution in [0.2, 0.25) is 0 Å². The van der Waals surface area contributed by atoms with Crippen LogP contribution in [-0.2, 0) is 16.1 Å². The first-order valence-electron chi connectivity index (χ1n) is 4.89. The Morgan fingerprint density at radius 1 is 1.50 bits per heavy atom. The molecule has 1 aromatic rings. The van der Waals surface area contributed by atoms with E-state index in [-0.39, 0.29) is 11.7 Å². The van der Waals surface area contributed by atoms with Gasteiger partial charge in [-0.05, 0) is 24.1 Å². The van der Waals surface area contributed by atoms with Crippen LogP contribution in [-0.4, -0.2) is 36.3 Å². The normalized spacial score (nSPS) is 12.2. The summed E-state index contributed by atoms with van der Waals surface area (Å²) in [4.78, 5) is 16.3. The van der Waals surface area contributed by atoms with Crippen LogP contribution < -0.4 is 5.73 Å². The van der Waals surface area contributed by atoms with E-state index in [1.165, 1.54) is 14.2 Å². The molecule has 5 nitrogen and oxygen atoms in total. The number of carbonyl (C=O) groups excluding carboxylic acids is 1. The van der Waals surface area contributed by atoms with E-state index < -0.39 is 6.04 Å². The zero-order valence-corrected chi connectivity index (χ0v) is 9.38. The van der Waals surface area contributed by atoms with Gasteiger partial charge in [0.1, 0.15) is 5.75 Å². The van der Waals surface area contributed by atoms with Gasteiger partial charge in [0.25, 0.3) is 5.91 Å². The Morgan fingerprint density at radius 2 is 2.06 bits per heavy atom. The standard InChI is InChI=1S/C11H16N2O3/c1-13(16-2)11(15)10(12)7-8-3-5-9(14)6-4-8/h3-6,10,14H,7,12H2,1-2H3/t10-/m1/s1. The molecular formula is C11H16N2O3. The molecular weight excluding hydrogens is 208 g/mol. The number of carbonyl (C=O) groups is 1. The molecule has 0 aliphatic heterocycles. The number of phenols is 1. The van der Waals surface area contributed by atoms with Gasteiger partial charge < -0.3 is 10.8 Å². The predicted molar refractivity (Wildman–Crippen MR) is 59.6 cm³/mol. The lowest BCUT2D eigenvalue weighted by molar-refractivity contribution is -0.170. The molecule has 0 aliphatic carbocycles. The first-order valence-corrected chi connectivity index (χ1v) is 4.89. The predicted octanol–water partition coefficient (Wildman–Crippen LogP) is 0.282. The van der Waals surface area contributed by atoms with Crippen molar-refractivity contribution in [3.8, 4) is 5.75 Å². The Balaban J connectivity index is 2.60. The van der Waals surface area contributed by atoms with Crippen molar-refractivity contribution < 1.29 is 14.7 Å². The summed E-state index contributed by atoms with van der Waals surface area (Å²) >= 11 is 0. The number of nitrogens with zero attached hydrogens (tertiary/aromatic N) is 1. The van der Waals surface area contributed by atoms with Gasteiger partial charge in [0.15, 0.2) is 0 Å². The number of nitrogens with two attached hydrogens (primary N) is 1. The van der Waals surface area contributed by atoms with E-state index in [4.69, 9.17) is 15.7 Å². The van der Waals surface area contributed by atoms with Gasteiger partial charge in [-0.25, -0.2) is 5.06 Å². The van der Waals surface area contributed by atoms with Crippen molar-refractivity contribution in [3.63, 3.8) is 0 Å². The second-order valence-corrected chi connectivity index (χ2v) is 3.50. The van der Waals surface area contributed by atoms with E-state index in [1.807, 2.05) is 0 Å². The van der Waals surface area contributed by atoms with Crippen molar-refractivity contribution in [2.45, 2.75) is 12.5 Å². The molecule has 1 atom stereocenters. The zero-order chi connectivity index (χ0) is 12.1. The number of rotatable bonds is 4. The lowest BCUT2D eigenvalue weighted by Gasteiger charge is -2.18. The topological polar surface area (TPSA) is 75.8 Å². The molecule has 0 heterocycles. The molecule has 0 aromatic heterocycles. The number of likely N-dealkylation sites (N-methyl/N-ethyl adjacent to an activating group) is 1. The summed E-state index contributed by atoms with van der Waals surface area (Å²) in [5.41, 5.74) is 6.62. The summed E-state index contributed by atoms with van der Waals surface area (Å²) in [6.45, 7) is 0. The average molecular weight is 224 g/mol. The lowest BCUT2D eigenvalue weighted by atomic mass is 10.1. The van der Waals surface area contributed by atoms with Crippen LogP contribution in [0.25, 0.3) is 0 Å². The van der Waals surface area contributed by atoms with Crippen molar-refractivity contribution in [1.29, 1.82) is 0 Å². The highest BCUT2D eigenvalue weighted by atomic mass is 16.7.